The number of nitrogens with one attached hydrogen (secondary N) is 1. The third-order valence-corrected chi connectivity index (χ3v) is 4.09. The lowest BCUT2D eigenvalue weighted by molar-refractivity contribution is -0.115. The van der Waals surface area contributed by atoms with Crippen molar-refractivity contribution in [3.63, 3.8) is 0 Å². The normalized spacial score (nSPS) is 9.88. The second-order valence-corrected chi connectivity index (χ2v) is 6.07. The van der Waals surface area contributed by atoms with E-state index in [1.54, 1.807) is 41.7 Å². The topological polar surface area (TPSA) is 29.1 Å². The van der Waals surface area contributed by atoms with E-state index in [-0.39, 0.29) is 18.1 Å². The highest BCUT2D eigenvalue weighted by molar-refractivity contribution is 7.10. The number of carbonyl (C=O) groups is 1. The first kappa shape index (κ1) is 16.0. The lowest BCUT2D eigenvalue weighted by Crippen LogP contribution is -2.15. The van der Waals surface area contributed by atoms with Crippen LogP contribution in [0.25, 0.3) is 0 Å². The fraction of sp³-hybridized carbons (Fsp3) is 0.0500. The largest absolute Gasteiger partial charge is 0.326 e. The van der Waals surface area contributed by atoms with E-state index in [0.717, 1.165) is 10.4 Å². The third kappa shape index (κ3) is 4.31. The molecule has 0 aliphatic rings. The predicted octanol–water partition coefficient (Wildman–Crippen LogP) is 4.47. The van der Waals surface area contributed by atoms with Crippen LogP contribution in [-0.2, 0) is 11.2 Å². The molecule has 4 heteroatoms. The number of anilines is 1. The molecule has 3 rings (SSSR count). The smallest absolute Gasteiger partial charge is 0.228 e. The minimum atomic E-state index is -0.372. The molecular weight excluding hydrogens is 321 g/mol. The van der Waals surface area contributed by atoms with Gasteiger partial charge in [0.05, 0.1) is 11.3 Å². The lowest BCUT2D eigenvalue weighted by Gasteiger charge is -2.06. The van der Waals surface area contributed by atoms with Crippen LogP contribution in [0.15, 0.2) is 66.0 Å². The van der Waals surface area contributed by atoms with Crippen LogP contribution in [-0.4, -0.2) is 5.91 Å². The highest BCUT2D eigenvalue weighted by Crippen LogP contribution is 2.13. The molecule has 1 N–H and O–H groups in total. The van der Waals surface area contributed by atoms with Crippen molar-refractivity contribution < 1.29 is 9.18 Å². The first-order valence-electron chi connectivity index (χ1n) is 7.39. The maximum atomic E-state index is 13.6. The number of hydrogen-bond donors (Lipinski definition) is 1. The Morgan fingerprint density at radius 1 is 1.04 bits per heavy atom. The lowest BCUT2D eigenvalue weighted by atomic mass is 10.1. The molecule has 0 unspecified atom stereocenters. The maximum Gasteiger partial charge on any atom is 0.228 e. The van der Waals surface area contributed by atoms with Crippen LogP contribution >= 0.6 is 11.3 Å². The Balaban J connectivity index is 1.68. The van der Waals surface area contributed by atoms with E-state index in [9.17, 15) is 9.18 Å². The van der Waals surface area contributed by atoms with E-state index in [0.29, 0.717) is 11.3 Å². The second-order valence-electron chi connectivity index (χ2n) is 5.12. The summed E-state index contributed by atoms with van der Waals surface area (Å²) >= 11 is 1.58. The zero-order valence-electron chi connectivity index (χ0n) is 12.8. The van der Waals surface area contributed by atoms with Crippen LogP contribution in [0.3, 0.4) is 0 Å². The fourth-order valence-corrected chi connectivity index (χ4v) is 2.75. The predicted molar refractivity (Wildman–Crippen MR) is 95.5 cm³/mol. The fourth-order valence-electron chi connectivity index (χ4n) is 2.18. The van der Waals surface area contributed by atoms with Gasteiger partial charge in [0, 0.05) is 11.3 Å². The van der Waals surface area contributed by atoms with Crippen LogP contribution in [0.2, 0.25) is 0 Å². The zero-order chi connectivity index (χ0) is 16.8. The van der Waals surface area contributed by atoms with Crippen molar-refractivity contribution in [1.82, 2.24) is 0 Å². The molecule has 24 heavy (non-hydrogen) atoms. The summed E-state index contributed by atoms with van der Waals surface area (Å²) in [5.74, 6) is 5.51. The van der Waals surface area contributed by atoms with Crippen LogP contribution < -0.4 is 5.32 Å². The molecule has 3 aromatic rings. The summed E-state index contributed by atoms with van der Waals surface area (Å²) in [4.78, 5) is 13.1. The quantitative estimate of drug-likeness (QED) is 0.703. The van der Waals surface area contributed by atoms with Crippen molar-refractivity contribution in [3.05, 3.63) is 87.9 Å². The Kier molecular flexibility index (Phi) is 5.05. The van der Waals surface area contributed by atoms with Gasteiger partial charge in [0.25, 0.3) is 0 Å². The minimum absolute atomic E-state index is 0.00221. The van der Waals surface area contributed by atoms with Gasteiger partial charge in [-0.1, -0.05) is 42.2 Å². The molecule has 0 saturated carbocycles. The van der Waals surface area contributed by atoms with Crippen molar-refractivity contribution in [2.45, 2.75) is 6.42 Å². The average Bonchev–Trinajstić information content (AvgIpc) is 3.09. The van der Waals surface area contributed by atoms with Crippen LogP contribution in [0.5, 0.6) is 0 Å². The molecule has 0 saturated heterocycles. The van der Waals surface area contributed by atoms with Crippen molar-refractivity contribution in [2.75, 3.05) is 5.32 Å². The first-order valence-corrected chi connectivity index (χ1v) is 8.27. The van der Waals surface area contributed by atoms with Crippen LogP contribution in [0.4, 0.5) is 10.1 Å². The van der Waals surface area contributed by atoms with Gasteiger partial charge < -0.3 is 5.32 Å². The summed E-state index contributed by atoms with van der Waals surface area (Å²) in [6.07, 6.45) is -0.00221. The molecular formula is C20H14FNOS. The van der Waals surface area contributed by atoms with Crippen LogP contribution in [0, 0.1) is 17.7 Å². The molecule has 118 valence electrons. The highest BCUT2D eigenvalue weighted by Gasteiger charge is 2.08. The number of benzene rings is 2. The molecule has 0 radical (unpaired) electrons. The molecule has 0 spiro atoms. The summed E-state index contributed by atoms with van der Waals surface area (Å²) in [5.41, 5.74) is 1.84. The number of halogens is 1. The Morgan fingerprint density at radius 3 is 2.71 bits per heavy atom. The Morgan fingerprint density at radius 2 is 1.92 bits per heavy atom. The summed E-state index contributed by atoms with van der Waals surface area (Å²) in [7, 11) is 0. The van der Waals surface area contributed by atoms with Gasteiger partial charge in [0.1, 0.15) is 5.82 Å². The van der Waals surface area contributed by atoms with Gasteiger partial charge in [-0.15, -0.1) is 11.3 Å². The maximum absolute atomic E-state index is 13.6. The van der Waals surface area contributed by atoms with Gasteiger partial charge in [0.2, 0.25) is 5.91 Å². The minimum Gasteiger partial charge on any atom is -0.326 e. The van der Waals surface area contributed by atoms with Gasteiger partial charge in [-0.2, -0.15) is 0 Å². The second kappa shape index (κ2) is 7.58. The highest BCUT2D eigenvalue weighted by atomic mass is 32.1. The van der Waals surface area contributed by atoms with E-state index >= 15 is 0 Å². The number of carbonyl (C=O) groups excluding carboxylic acids is 1. The van der Waals surface area contributed by atoms with Gasteiger partial charge in [-0.25, -0.2) is 4.39 Å². The summed E-state index contributed by atoms with van der Waals surface area (Å²) in [6.45, 7) is 0. The van der Waals surface area contributed by atoms with Crippen molar-refractivity contribution in [1.29, 1.82) is 0 Å². The Bertz CT molecular complexity index is 907. The molecule has 0 fully saturated rings. The molecule has 0 atom stereocenters. The molecule has 2 aromatic carbocycles. The molecule has 2 nitrogen and oxygen atoms in total. The van der Waals surface area contributed by atoms with E-state index in [4.69, 9.17) is 0 Å². The van der Waals surface area contributed by atoms with E-state index in [1.165, 1.54) is 6.07 Å². The zero-order valence-corrected chi connectivity index (χ0v) is 13.6. The average molecular weight is 335 g/mol. The van der Waals surface area contributed by atoms with E-state index < -0.39 is 0 Å². The standard InChI is InChI=1S/C20H14FNOS/c21-19-9-2-1-6-16(19)14-20(23)22-17-7-3-5-15(13-17)10-11-18-8-4-12-24-18/h1-9,12-13H,14H2,(H,22,23). The van der Waals surface area contributed by atoms with Crippen molar-refractivity contribution in [3.8, 4) is 11.8 Å². The van der Waals surface area contributed by atoms with Crippen molar-refractivity contribution in [2.24, 2.45) is 0 Å². The number of amides is 1. The van der Waals surface area contributed by atoms with Gasteiger partial charge >= 0.3 is 0 Å². The third-order valence-electron chi connectivity index (χ3n) is 3.31. The number of rotatable bonds is 3. The Hall–Kier alpha value is -2.90. The van der Waals surface area contributed by atoms with Gasteiger partial charge in [-0.3, -0.25) is 4.79 Å². The SMILES string of the molecule is O=C(Cc1ccccc1F)Nc1cccc(C#Cc2cccs2)c1. The molecule has 0 bridgehead atoms. The van der Waals surface area contributed by atoms with Gasteiger partial charge in [-0.05, 0) is 41.3 Å². The molecule has 1 heterocycles. The first-order chi connectivity index (χ1) is 11.7. The summed E-state index contributed by atoms with van der Waals surface area (Å²) in [6, 6.07) is 17.5. The number of hydrogen-bond acceptors (Lipinski definition) is 2. The van der Waals surface area contributed by atoms with Crippen LogP contribution in [0.1, 0.15) is 16.0 Å². The Labute approximate surface area is 144 Å². The van der Waals surface area contributed by atoms with E-state index in [2.05, 4.69) is 17.2 Å². The summed E-state index contributed by atoms with van der Waals surface area (Å²) in [5, 5.41) is 4.76. The van der Waals surface area contributed by atoms with E-state index in [1.807, 2.05) is 29.6 Å². The number of thiophene rings is 1. The molecule has 0 aliphatic heterocycles. The van der Waals surface area contributed by atoms with Crippen molar-refractivity contribution >= 4 is 22.9 Å². The summed E-state index contributed by atoms with van der Waals surface area (Å²) < 4.78 is 13.6. The van der Waals surface area contributed by atoms with Gasteiger partial charge in [0.15, 0.2) is 0 Å². The monoisotopic (exact) mass is 335 g/mol. The molecule has 0 aliphatic carbocycles. The molecule has 1 amide bonds. The molecule has 1 aromatic heterocycles.